The summed E-state index contributed by atoms with van der Waals surface area (Å²) in [4.78, 5) is 11.2. The highest BCUT2D eigenvalue weighted by molar-refractivity contribution is 7.99. The number of nitrogens with zero attached hydrogens (tertiary/aromatic N) is 5. The Labute approximate surface area is 136 Å². The molecule has 0 aliphatic carbocycles. The van der Waals surface area contributed by atoms with Crippen molar-refractivity contribution < 1.29 is 4.92 Å². The van der Waals surface area contributed by atoms with Crippen molar-refractivity contribution >= 4 is 17.4 Å². The van der Waals surface area contributed by atoms with Gasteiger partial charge < -0.3 is 0 Å². The number of rotatable bonds is 4. The van der Waals surface area contributed by atoms with Crippen LogP contribution in [0.5, 0.6) is 0 Å². The average Bonchev–Trinajstić information content (AvgIpc) is 2.95. The van der Waals surface area contributed by atoms with Crippen molar-refractivity contribution in [1.29, 1.82) is 0 Å². The molecule has 0 atom stereocenters. The van der Waals surface area contributed by atoms with Crippen LogP contribution in [0.4, 0.5) is 5.69 Å². The molecule has 0 N–H and O–H groups in total. The monoisotopic (exact) mass is 327 g/mol. The zero-order valence-corrected chi connectivity index (χ0v) is 13.3. The molecule has 0 saturated heterocycles. The largest absolute Gasteiger partial charge is 0.283 e. The first-order valence-electron chi connectivity index (χ1n) is 6.84. The van der Waals surface area contributed by atoms with Gasteiger partial charge in [0.05, 0.1) is 15.5 Å². The van der Waals surface area contributed by atoms with Crippen molar-refractivity contribution in [2.24, 2.45) is 0 Å². The van der Waals surface area contributed by atoms with Crippen LogP contribution >= 0.6 is 11.8 Å². The van der Waals surface area contributed by atoms with Gasteiger partial charge in [0, 0.05) is 6.07 Å². The van der Waals surface area contributed by atoms with E-state index in [1.54, 1.807) is 22.9 Å². The van der Waals surface area contributed by atoms with Gasteiger partial charge in [-0.05, 0) is 53.2 Å². The molecule has 1 aromatic heterocycles. The summed E-state index contributed by atoms with van der Waals surface area (Å²) >= 11 is 1.17. The van der Waals surface area contributed by atoms with Crippen molar-refractivity contribution in [3.05, 3.63) is 63.7 Å². The summed E-state index contributed by atoms with van der Waals surface area (Å²) in [6, 6.07) is 12.5. The van der Waals surface area contributed by atoms with Crippen molar-refractivity contribution in [3.8, 4) is 5.69 Å². The summed E-state index contributed by atoms with van der Waals surface area (Å²) in [7, 11) is 0. The highest BCUT2D eigenvalue weighted by Gasteiger charge is 2.19. The summed E-state index contributed by atoms with van der Waals surface area (Å²) in [5, 5.41) is 23.4. The number of aromatic nitrogens is 4. The van der Waals surface area contributed by atoms with Crippen LogP contribution in [0.1, 0.15) is 11.1 Å². The van der Waals surface area contributed by atoms with E-state index in [1.165, 1.54) is 17.8 Å². The first-order chi connectivity index (χ1) is 11.1. The number of nitro benzene ring substituents is 1. The summed E-state index contributed by atoms with van der Waals surface area (Å²) in [5.41, 5.74) is 2.98. The predicted molar refractivity (Wildman–Crippen MR) is 85.8 cm³/mol. The van der Waals surface area contributed by atoms with Gasteiger partial charge >= 0.3 is 0 Å². The van der Waals surface area contributed by atoms with E-state index in [-0.39, 0.29) is 5.69 Å². The maximum atomic E-state index is 11.1. The molecule has 0 bridgehead atoms. The smallest absolute Gasteiger partial charge is 0.258 e. The number of hydrogen-bond donors (Lipinski definition) is 0. The molecule has 0 spiro atoms. The second kappa shape index (κ2) is 6.17. The molecule has 0 saturated carbocycles. The third-order valence-electron chi connectivity index (χ3n) is 3.36. The van der Waals surface area contributed by atoms with Crippen molar-refractivity contribution in [2.75, 3.05) is 0 Å². The lowest BCUT2D eigenvalue weighted by atomic mass is 10.1. The molecule has 0 aliphatic rings. The highest BCUT2D eigenvalue weighted by Crippen LogP contribution is 2.34. The van der Waals surface area contributed by atoms with Gasteiger partial charge in [0.2, 0.25) is 5.16 Å². The lowest BCUT2D eigenvalue weighted by Crippen LogP contribution is -2.04. The third kappa shape index (κ3) is 2.93. The summed E-state index contributed by atoms with van der Waals surface area (Å²) in [6.07, 6.45) is 0. The molecule has 2 aromatic carbocycles. The SMILES string of the molecule is Cc1cccc(C)c1-n1nnnc1Sc1ccccc1[N+](=O)[O-]. The first kappa shape index (κ1) is 15.2. The second-order valence-electron chi connectivity index (χ2n) is 4.94. The topological polar surface area (TPSA) is 86.7 Å². The molecule has 0 radical (unpaired) electrons. The maximum Gasteiger partial charge on any atom is 0.283 e. The van der Waals surface area contributed by atoms with Crippen molar-refractivity contribution in [3.63, 3.8) is 0 Å². The molecule has 3 aromatic rings. The normalized spacial score (nSPS) is 10.7. The van der Waals surface area contributed by atoms with E-state index in [0.717, 1.165) is 16.8 Å². The Bertz CT molecular complexity index is 858. The van der Waals surface area contributed by atoms with Crippen LogP contribution in [0, 0.1) is 24.0 Å². The Morgan fingerprint density at radius 2 is 1.78 bits per heavy atom. The fourth-order valence-corrected chi connectivity index (χ4v) is 3.20. The fourth-order valence-electron chi connectivity index (χ4n) is 2.32. The Kier molecular flexibility index (Phi) is 4.07. The van der Waals surface area contributed by atoms with Gasteiger partial charge in [0.1, 0.15) is 0 Å². The third-order valence-corrected chi connectivity index (χ3v) is 4.36. The molecule has 8 heteroatoms. The Balaban J connectivity index is 2.05. The standard InChI is InChI=1S/C15H13N5O2S/c1-10-6-5-7-11(2)14(10)19-15(16-17-18-19)23-13-9-4-3-8-12(13)20(21)22/h3-9H,1-2H3. The van der Waals surface area contributed by atoms with Crippen LogP contribution in [0.2, 0.25) is 0 Å². The van der Waals surface area contributed by atoms with Crippen LogP contribution in [-0.2, 0) is 0 Å². The maximum absolute atomic E-state index is 11.1. The molecule has 0 aliphatic heterocycles. The summed E-state index contributed by atoms with van der Waals surface area (Å²) in [5.74, 6) is 0. The Morgan fingerprint density at radius 1 is 1.09 bits per heavy atom. The molecule has 7 nitrogen and oxygen atoms in total. The lowest BCUT2D eigenvalue weighted by Gasteiger charge is -2.10. The molecular formula is C15H13N5O2S. The molecule has 23 heavy (non-hydrogen) atoms. The predicted octanol–water partition coefficient (Wildman–Crippen LogP) is 3.34. The van der Waals surface area contributed by atoms with Gasteiger partial charge in [-0.15, -0.1) is 5.10 Å². The number of aryl methyl sites for hydroxylation is 2. The zero-order chi connectivity index (χ0) is 16.4. The molecule has 0 amide bonds. The van der Waals surface area contributed by atoms with Crippen molar-refractivity contribution in [1.82, 2.24) is 20.2 Å². The Hall–Kier alpha value is -2.74. The van der Waals surface area contributed by atoms with E-state index < -0.39 is 4.92 Å². The molecule has 116 valence electrons. The number of tetrazole rings is 1. The van der Waals surface area contributed by atoms with Crippen LogP contribution < -0.4 is 0 Å². The van der Waals surface area contributed by atoms with Crippen LogP contribution in [-0.4, -0.2) is 25.1 Å². The number of para-hydroxylation sites is 2. The minimum atomic E-state index is -0.407. The minimum absolute atomic E-state index is 0.0357. The molecule has 0 unspecified atom stereocenters. The van der Waals surface area contributed by atoms with E-state index in [2.05, 4.69) is 15.5 Å². The zero-order valence-electron chi connectivity index (χ0n) is 12.5. The van der Waals surface area contributed by atoms with E-state index in [1.807, 2.05) is 32.0 Å². The van der Waals surface area contributed by atoms with E-state index in [4.69, 9.17) is 0 Å². The Morgan fingerprint density at radius 3 is 2.48 bits per heavy atom. The van der Waals surface area contributed by atoms with Gasteiger partial charge in [-0.3, -0.25) is 10.1 Å². The minimum Gasteiger partial charge on any atom is -0.258 e. The quantitative estimate of drug-likeness (QED) is 0.539. The molecule has 3 rings (SSSR count). The average molecular weight is 327 g/mol. The van der Waals surface area contributed by atoms with Gasteiger partial charge in [-0.25, -0.2) is 0 Å². The van der Waals surface area contributed by atoms with E-state index in [0.29, 0.717) is 10.1 Å². The number of nitro groups is 1. The van der Waals surface area contributed by atoms with Crippen LogP contribution in [0.3, 0.4) is 0 Å². The van der Waals surface area contributed by atoms with Gasteiger partial charge in [0.15, 0.2) is 0 Å². The van der Waals surface area contributed by atoms with Crippen molar-refractivity contribution in [2.45, 2.75) is 23.9 Å². The molecule has 0 fully saturated rings. The van der Waals surface area contributed by atoms with Crippen LogP contribution in [0.25, 0.3) is 5.69 Å². The summed E-state index contributed by atoms with van der Waals surface area (Å²) in [6.45, 7) is 3.95. The highest BCUT2D eigenvalue weighted by atomic mass is 32.2. The molecule has 1 heterocycles. The van der Waals surface area contributed by atoms with Gasteiger partial charge in [-0.2, -0.15) is 4.68 Å². The summed E-state index contributed by atoms with van der Waals surface area (Å²) < 4.78 is 1.62. The number of hydrogen-bond acceptors (Lipinski definition) is 6. The second-order valence-corrected chi connectivity index (χ2v) is 5.95. The van der Waals surface area contributed by atoms with Gasteiger partial charge in [0.25, 0.3) is 5.69 Å². The van der Waals surface area contributed by atoms with E-state index in [9.17, 15) is 10.1 Å². The van der Waals surface area contributed by atoms with E-state index >= 15 is 0 Å². The molecular weight excluding hydrogens is 314 g/mol. The van der Waals surface area contributed by atoms with Gasteiger partial charge in [-0.1, -0.05) is 30.3 Å². The van der Waals surface area contributed by atoms with Crippen LogP contribution in [0.15, 0.2) is 52.5 Å². The number of benzene rings is 2. The lowest BCUT2D eigenvalue weighted by molar-refractivity contribution is -0.387. The fraction of sp³-hybridized carbons (Fsp3) is 0.133. The first-order valence-corrected chi connectivity index (χ1v) is 7.66.